The minimum Gasteiger partial charge on any atom is -0.493 e. The Morgan fingerprint density at radius 2 is 1.71 bits per heavy atom. The largest absolute Gasteiger partial charge is 0.493 e. The molecule has 3 aromatic rings. The molecule has 5 nitrogen and oxygen atoms in total. The zero-order chi connectivity index (χ0) is 22.0. The second kappa shape index (κ2) is 9.02. The molecular formula is C25H25BrN2O3. The van der Waals surface area contributed by atoms with Crippen LogP contribution in [0.25, 0.3) is 0 Å². The molecule has 0 saturated heterocycles. The summed E-state index contributed by atoms with van der Waals surface area (Å²) < 4.78 is 11.7. The predicted octanol–water partition coefficient (Wildman–Crippen LogP) is 6.06. The van der Waals surface area contributed by atoms with E-state index in [2.05, 4.69) is 46.4 Å². The molecule has 1 heterocycles. The molecule has 1 amide bonds. The van der Waals surface area contributed by atoms with Crippen LogP contribution in [-0.2, 0) is 0 Å². The fourth-order valence-electron chi connectivity index (χ4n) is 4.11. The van der Waals surface area contributed by atoms with Crippen molar-refractivity contribution in [2.24, 2.45) is 0 Å². The van der Waals surface area contributed by atoms with Crippen LogP contribution in [0.1, 0.15) is 35.3 Å². The van der Waals surface area contributed by atoms with Crippen molar-refractivity contribution in [2.45, 2.75) is 25.4 Å². The summed E-state index contributed by atoms with van der Waals surface area (Å²) in [7, 11) is 3.16. The highest BCUT2D eigenvalue weighted by molar-refractivity contribution is 9.10. The number of nitrogens with zero attached hydrogens (tertiary/aromatic N) is 1. The van der Waals surface area contributed by atoms with Crippen molar-refractivity contribution in [3.8, 4) is 11.5 Å². The summed E-state index contributed by atoms with van der Waals surface area (Å²) in [5, 5.41) is 3.63. The molecule has 6 heteroatoms. The molecule has 3 aromatic carbocycles. The Kier molecular flexibility index (Phi) is 6.18. The maximum Gasteiger partial charge on any atom is 0.258 e. The Balaban J connectivity index is 1.67. The van der Waals surface area contributed by atoms with Gasteiger partial charge in [0.15, 0.2) is 11.5 Å². The van der Waals surface area contributed by atoms with Crippen LogP contribution in [0.15, 0.2) is 71.2 Å². The fourth-order valence-corrected chi connectivity index (χ4v) is 4.38. The van der Waals surface area contributed by atoms with E-state index >= 15 is 0 Å². The maximum atomic E-state index is 13.5. The minimum atomic E-state index is -0.0528. The van der Waals surface area contributed by atoms with Gasteiger partial charge in [0.2, 0.25) is 0 Å². The van der Waals surface area contributed by atoms with E-state index in [0.29, 0.717) is 17.1 Å². The van der Waals surface area contributed by atoms with Crippen LogP contribution in [0.3, 0.4) is 0 Å². The van der Waals surface area contributed by atoms with E-state index in [0.717, 1.165) is 27.8 Å². The van der Waals surface area contributed by atoms with Crippen molar-refractivity contribution >= 4 is 33.2 Å². The second-order valence-corrected chi connectivity index (χ2v) is 8.51. The molecule has 1 aliphatic heterocycles. The van der Waals surface area contributed by atoms with Gasteiger partial charge in [-0.3, -0.25) is 4.79 Å². The van der Waals surface area contributed by atoms with Crippen LogP contribution in [0.2, 0.25) is 0 Å². The standard InChI is InChI=1S/C25H25BrN2O3/c1-16-14-21(27-19-11-9-18(26)10-12-19)20-6-4-5-7-22(20)28(16)25(29)17-8-13-23(30-2)24(15-17)31-3/h4-13,15-16,21,27H,14H2,1-3H3. The lowest BCUT2D eigenvalue weighted by molar-refractivity contribution is 0.0973. The van der Waals surface area contributed by atoms with Gasteiger partial charge < -0.3 is 19.7 Å². The second-order valence-electron chi connectivity index (χ2n) is 7.59. The summed E-state index contributed by atoms with van der Waals surface area (Å²) in [6, 6.07) is 21.7. The van der Waals surface area contributed by atoms with Gasteiger partial charge in [0, 0.05) is 27.5 Å². The number of carbonyl (C=O) groups is 1. The third kappa shape index (κ3) is 4.26. The first kappa shape index (κ1) is 21.2. The van der Waals surface area contributed by atoms with Gasteiger partial charge in [0.1, 0.15) is 0 Å². The lowest BCUT2D eigenvalue weighted by Crippen LogP contribution is -2.44. The highest BCUT2D eigenvalue weighted by Gasteiger charge is 2.34. The zero-order valence-electron chi connectivity index (χ0n) is 17.8. The summed E-state index contributed by atoms with van der Waals surface area (Å²) in [5.41, 5.74) is 3.65. The van der Waals surface area contributed by atoms with Crippen molar-refractivity contribution in [3.05, 3.63) is 82.3 Å². The number of fused-ring (bicyclic) bond motifs is 1. The average molecular weight is 481 g/mol. The molecule has 0 fully saturated rings. The number of nitrogens with one attached hydrogen (secondary N) is 1. The first-order valence-corrected chi connectivity index (χ1v) is 11.0. The van der Waals surface area contributed by atoms with Crippen molar-refractivity contribution in [1.29, 1.82) is 0 Å². The number of hydrogen-bond acceptors (Lipinski definition) is 4. The van der Waals surface area contributed by atoms with Crippen LogP contribution in [-0.4, -0.2) is 26.2 Å². The Labute approximate surface area is 191 Å². The number of para-hydroxylation sites is 1. The monoisotopic (exact) mass is 480 g/mol. The van der Waals surface area contributed by atoms with Gasteiger partial charge in [-0.1, -0.05) is 34.1 Å². The van der Waals surface area contributed by atoms with E-state index in [1.807, 2.05) is 35.2 Å². The summed E-state index contributed by atoms with van der Waals surface area (Å²) in [5.74, 6) is 1.09. The molecule has 0 bridgehead atoms. The quantitative estimate of drug-likeness (QED) is 0.482. The molecule has 1 N–H and O–H groups in total. The van der Waals surface area contributed by atoms with E-state index in [4.69, 9.17) is 9.47 Å². The molecule has 2 atom stereocenters. The molecule has 2 unspecified atom stereocenters. The molecule has 160 valence electrons. The van der Waals surface area contributed by atoms with Crippen LogP contribution < -0.4 is 19.7 Å². The van der Waals surface area contributed by atoms with E-state index in [-0.39, 0.29) is 18.0 Å². The SMILES string of the molecule is COc1ccc(C(=O)N2c3ccccc3C(Nc3ccc(Br)cc3)CC2C)cc1OC. The number of rotatable bonds is 5. The molecule has 31 heavy (non-hydrogen) atoms. The van der Waals surface area contributed by atoms with Crippen LogP contribution in [0, 0.1) is 0 Å². The Morgan fingerprint density at radius 3 is 2.42 bits per heavy atom. The third-order valence-corrected chi connectivity index (χ3v) is 6.15. The van der Waals surface area contributed by atoms with Crippen LogP contribution in [0.5, 0.6) is 11.5 Å². The van der Waals surface area contributed by atoms with Gasteiger partial charge in [0.05, 0.1) is 20.3 Å². The van der Waals surface area contributed by atoms with Gasteiger partial charge >= 0.3 is 0 Å². The molecule has 0 radical (unpaired) electrons. The number of benzene rings is 3. The number of halogens is 1. The first-order chi connectivity index (χ1) is 15.0. The summed E-state index contributed by atoms with van der Waals surface area (Å²) in [6.45, 7) is 2.09. The van der Waals surface area contributed by atoms with Crippen molar-refractivity contribution in [3.63, 3.8) is 0 Å². The van der Waals surface area contributed by atoms with Crippen molar-refractivity contribution in [1.82, 2.24) is 0 Å². The number of hydrogen-bond donors (Lipinski definition) is 1. The van der Waals surface area contributed by atoms with E-state index < -0.39 is 0 Å². The number of amides is 1. The van der Waals surface area contributed by atoms with Gasteiger partial charge in [-0.05, 0) is 67.4 Å². The molecule has 4 rings (SSSR count). The lowest BCUT2D eigenvalue weighted by Gasteiger charge is -2.40. The highest BCUT2D eigenvalue weighted by atomic mass is 79.9. The highest BCUT2D eigenvalue weighted by Crippen LogP contribution is 2.40. The van der Waals surface area contributed by atoms with Crippen LogP contribution in [0.4, 0.5) is 11.4 Å². The average Bonchev–Trinajstić information content (AvgIpc) is 2.79. The van der Waals surface area contributed by atoms with Crippen molar-refractivity contribution in [2.75, 3.05) is 24.4 Å². The predicted molar refractivity (Wildman–Crippen MR) is 127 cm³/mol. The van der Waals surface area contributed by atoms with Crippen LogP contribution >= 0.6 is 15.9 Å². The molecule has 0 spiro atoms. The number of ether oxygens (including phenoxy) is 2. The van der Waals surface area contributed by atoms with Gasteiger partial charge in [0.25, 0.3) is 5.91 Å². The fraction of sp³-hybridized carbons (Fsp3) is 0.240. The normalized spacial score (nSPS) is 17.6. The summed E-state index contributed by atoms with van der Waals surface area (Å²) in [6.07, 6.45) is 0.798. The lowest BCUT2D eigenvalue weighted by atomic mass is 9.90. The first-order valence-electron chi connectivity index (χ1n) is 10.2. The maximum absolute atomic E-state index is 13.5. The zero-order valence-corrected chi connectivity index (χ0v) is 19.3. The van der Waals surface area contributed by atoms with E-state index in [1.165, 1.54) is 0 Å². The Morgan fingerprint density at radius 1 is 1.00 bits per heavy atom. The molecule has 1 aliphatic rings. The Bertz CT molecular complexity index is 1080. The smallest absolute Gasteiger partial charge is 0.258 e. The summed E-state index contributed by atoms with van der Waals surface area (Å²) in [4.78, 5) is 15.4. The van der Waals surface area contributed by atoms with Gasteiger partial charge in [-0.15, -0.1) is 0 Å². The minimum absolute atomic E-state index is 0.0171. The van der Waals surface area contributed by atoms with Crippen molar-refractivity contribution < 1.29 is 14.3 Å². The van der Waals surface area contributed by atoms with Gasteiger partial charge in [-0.2, -0.15) is 0 Å². The number of methoxy groups -OCH3 is 2. The Hall–Kier alpha value is -2.99. The number of carbonyl (C=O) groups excluding carboxylic acids is 1. The molecule has 0 aromatic heterocycles. The molecule has 0 saturated carbocycles. The molecular weight excluding hydrogens is 456 g/mol. The topological polar surface area (TPSA) is 50.8 Å². The number of anilines is 2. The van der Waals surface area contributed by atoms with E-state index in [9.17, 15) is 4.79 Å². The van der Waals surface area contributed by atoms with E-state index in [1.54, 1.807) is 32.4 Å². The molecule has 0 aliphatic carbocycles. The van der Waals surface area contributed by atoms with Gasteiger partial charge in [-0.25, -0.2) is 0 Å². The third-order valence-electron chi connectivity index (χ3n) is 5.62. The summed E-state index contributed by atoms with van der Waals surface area (Å²) >= 11 is 3.48.